The van der Waals surface area contributed by atoms with E-state index in [2.05, 4.69) is 15.3 Å². The van der Waals surface area contributed by atoms with Gasteiger partial charge < -0.3 is 24.6 Å². The van der Waals surface area contributed by atoms with Crippen molar-refractivity contribution in [1.82, 2.24) is 20.2 Å². The van der Waals surface area contributed by atoms with Crippen LogP contribution < -0.4 is 10.2 Å². The minimum Gasteiger partial charge on any atom is -0.383 e. The zero-order chi connectivity index (χ0) is 22.9. The lowest BCUT2D eigenvalue weighted by atomic mass is 10.00. The summed E-state index contributed by atoms with van der Waals surface area (Å²) in [5, 5.41) is 2.83. The molecule has 1 aliphatic heterocycles. The first-order valence-corrected chi connectivity index (χ1v) is 10.7. The van der Waals surface area contributed by atoms with Crippen LogP contribution in [0, 0.1) is 0 Å². The van der Waals surface area contributed by atoms with Gasteiger partial charge in [0.25, 0.3) is 5.91 Å². The Morgan fingerprint density at radius 3 is 2.75 bits per heavy atom. The quantitative estimate of drug-likeness (QED) is 0.558. The van der Waals surface area contributed by atoms with Crippen LogP contribution in [0.3, 0.4) is 0 Å². The predicted molar refractivity (Wildman–Crippen MR) is 121 cm³/mol. The molecule has 3 rings (SSSR count). The van der Waals surface area contributed by atoms with Crippen LogP contribution >= 0.6 is 0 Å². The van der Waals surface area contributed by atoms with Gasteiger partial charge in [0.2, 0.25) is 11.9 Å². The van der Waals surface area contributed by atoms with E-state index < -0.39 is 0 Å². The van der Waals surface area contributed by atoms with Crippen molar-refractivity contribution in [2.24, 2.45) is 0 Å². The summed E-state index contributed by atoms with van der Waals surface area (Å²) in [7, 11) is 5.29. The van der Waals surface area contributed by atoms with Crippen molar-refractivity contribution >= 4 is 17.8 Å². The van der Waals surface area contributed by atoms with Crippen LogP contribution in [-0.2, 0) is 20.9 Å². The predicted octanol–water partition coefficient (Wildman–Crippen LogP) is 1.45. The van der Waals surface area contributed by atoms with E-state index in [-0.39, 0.29) is 24.3 Å². The number of nitrogens with one attached hydrogen (secondary N) is 1. The fourth-order valence-corrected chi connectivity index (χ4v) is 3.58. The van der Waals surface area contributed by atoms with E-state index in [1.54, 1.807) is 23.1 Å². The zero-order valence-corrected chi connectivity index (χ0v) is 18.9. The maximum atomic E-state index is 12.7. The van der Waals surface area contributed by atoms with Crippen LogP contribution in [-0.4, -0.2) is 80.7 Å². The molecule has 9 nitrogen and oxygen atoms in total. The highest BCUT2D eigenvalue weighted by molar-refractivity contribution is 5.95. The Morgan fingerprint density at radius 2 is 2.03 bits per heavy atom. The standard InChI is InChI=1S/C23H31N5O4/c1-27(2)23-25-13-19(22(30)24-10-12-31-3)21(26-23)18-9-11-28(14-18)20(29)16-32-15-17-7-5-4-6-8-17/h4-8,13,18H,9-12,14-16H2,1-3H3,(H,24,30). The lowest BCUT2D eigenvalue weighted by Crippen LogP contribution is -2.32. The second kappa shape index (κ2) is 11.5. The summed E-state index contributed by atoms with van der Waals surface area (Å²) < 4.78 is 10.6. The topological polar surface area (TPSA) is 96.9 Å². The fraction of sp³-hybridized carbons (Fsp3) is 0.478. The van der Waals surface area contributed by atoms with Crippen molar-refractivity contribution in [2.75, 3.05) is 59.0 Å². The van der Waals surface area contributed by atoms with E-state index in [0.29, 0.717) is 50.1 Å². The molecule has 2 aromatic rings. The van der Waals surface area contributed by atoms with Gasteiger partial charge in [-0.3, -0.25) is 9.59 Å². The Balaban J connectivity index is 1.64. The van der Waals surface area contributed by atoms with Gasteiger partial charge in [-0.15, -0.1) is 0 Å². The number of benzene rings is 1. The molecule has 1 saturated heterocycles. The van der Waals surface area contributed by atoms with Crippen molar-refractivity contribution in [3.63, 3.8) is 0 Å². The van der Waals surface area contributed by atoms with Gasteiger partial charge in [-0.2, -0.15) is 0 Å². The van der Waals surface area contributed by atoms with Gasteiger partial charge in [0.15, 0.2) is 0 Å². The van der Waals surface area contributed by atoms with Crippen LogP contribution in [0.15, 0.2) is 36.5 Å². The van der Waals surface area contributed by atoms with Gasteiger partial charge in [0.05, 0.1) is 24.5 Å². The van der Waals surface area contributed by atoms with Gasteiger partial charge in [0.1, 0.15) is 6.61 Å². The molecule has 0 saturated carbocycles. The molecule has 9 heteroatoms. The second-order valence-corrected chi connectivity index (χ2v) is 7.92. The fourth-order valence-electron chi connectivity index (χ4n) is 3.58. The minimum atomic E-state index is -0.238. The Labute approximate surface area is 188 Å². The van der Waals surface area contributed by atoms with E-state index in [1.807, 2.05) is 44.4 Å². The number of carbonyl (C=O) groups is 2. The third-order valence-electron chi connectivity index (χ3n) is 5.31. The van der Waals surface area contributed by atoms with Gasteiger partial charge in [-0.25, -0.2) is 9.97 Å². The summed E-state index contributed by atoms with van der Waals surface area (Å²) in [4.78, 5) is 37.9. The lowest BCUT2D eigenvalue weighted by Gasteiger charge is -2.19. The van der Waals surface area contributed by atoms with E-state index in [9.17, 15) is 9.59 Å². The second-order valence-electron chi connectivity index (χ2n) is 7.92. The summed E-state index contributed by atoms with van der Waals surface area (Å²) in [6, 6.07) is 9.76. The number of hydrogen-bond acceptors (Lipinski definition) is 7. The van der Waals surface area contributed by atoms with Crippen LogP contribution in [0.1, 0.15) is 34.0 Å². The molecule has 1 aromatic heterocycles. The molecule has 172 valence electrons. The molecule has 0 bridgehead atoms. The molecule has 2 heterocycles. The summed E-state index contributed by atoms with van der Waals surface area (Å²) in [6.45, 7) is 2.34. The number of anilines is 1. The maximum Gasteiger partial charge on any atom is 0.254 e. The molecule has 1 atom stereocenters. The number of methoxy groups -OCH3 is 1. The summed E-state index contributed by atoms with van der Waals surface area (Å²) >= 11 is 0. The SMILES string of the molecule is COCCNC(=O)c1cnc(N(C)C)nc1C1CCN(C(=O)COCc2ccccc2)C1. The van der Waals surface area contributed by atoms with Crippen molar-refractivity contribution in [2.45, 2.75) is 18.9 Å². The molecule has 0 spiro atoms. The van der Waals surface area contributed by atoms with Crippen molar-refractivity contribution in [3.05, 3.63) is 53.3 Å². The smallest absolute Gasteiger partial charge is 0.254 e. The number of rotatable bonds is 10. The molecule has 1 N–H and O–H groups in total. The van der Waals surface area contributed by atoms with Crippen LogP contribution in [0.5, 0.6) is 0 Å². The normalized spacial score (nSPS) is 15.6. The summed E-state index contributed by atoms with van der Waals surface area (Å²) in [5.41, 5.74) is 2.13. The molecular weight excluding hydrogens is 410 g/mol. The molecule has 0 aliphatic carbocycles. The van der Waals surface area contributed by atoms with Crippen molar-refractivity contribution in [1.29, 1.82) is 0 Å². The molecule has 1 fully saturated rings. The monoisotopic (exact) mass is 441 g/mol. The van der Waals surface area contributed by atoms with Gasteiger partial charge >= 0.3 is 0 Å². The molecule has 0 radical (unpaired) electrons. The number of amides is 2. The van der Waals surface area contributed by atoms with Crippen molar-refractivity contribution < 1.29 is 19.1 Å². The average Bonchev–Trinajstić information content (AvgIpc) is 3.30. The van der Waals surface area contributed by atoms with E-state index in [1.165, 1.54) is 0 Å². The number of aromatic nitrogens is 2. The molecule has 32 heavy (non-hydrogen) atoms. The third-order valence-corrected chi connectivity index (χ3v) is 5.31. The number of hydrogen-bond donors (Lipinski definition) is 1. The molecule has 1 aliphatic rings. The Bertz CT molecular complexity index is 907. The van der Waals surface area contributed by atoms with Gasteiger partial charge in [-0.1, -0.05) is 30.3 Å². The third kappa shape index (κ3) is 6.24. The van der Waals surface area contributed by atoms with E-state index in [4.69, 9.17) is 9.47 Å². The van der Waals surface area contributed by atoms with E-state index in [0.717, 1.165) is 12.0 Å². The molecule has 1 unspecified atom stereocenters. The molecule has 2 amide bonds. The zero-order valence-electron chi connectivity index (χ0n) is 18.9. The average molecular weight is 442 g/mol. The highest BCUT2D eigenvalue weighted by Crippen LogP contribution is 2.29. The number of ether oxygens (including phenoxy) is 2. The first-order valence-electron chi connectivity index (χ1n) is 10.7. The summed E-state index contributed by atoms with van der Waals surface area (Å²) in [6.07, 6.45) is 2.29. The van der Waals surface area contributed by atoms with Gasteiger partial charge in [-0.05, 0) is 12.0 Å². The number of nitrogens with zero attached hydrogens (tertiary/aromatic N) is 4. The Hall–Kier alpha value is -3.04. The van der Waals surface area contributed by atoms with Crippen molar-refractivity contribution in [3.8, 4) is 0 Å². The van der Waals surface area contributed by atoms with Crippen LogP contribution in [0.2, 0.25) is 0 Å². The first kappa shape index (κ1) is 23.6. The first-order chi connectivity index (χ1) is 15.5. The maximum absolute atomic E-state index is 12.7. The highest BCUT2D eigenvalue weighted by atomic mass is 16.5. The molecule has 1 aromatic carbocycles. The minimum absolute atomic E-state index is 0.0265. The number of carbonyl (C=O) groups excluding carboxylic acids is 2. The van der Waals surface area contributed by atoms with E-state index >= 15 is 0 Å². The summed E-state index contributed by atoms with van der Waals surface area (Å²) in [5.74, 6) is 0.192. The molecular formula is C23H31N5O4. The Kier molecular flexibility index (Phi) is 8.52. The number of likely N-dealkylation sites (tertiary alicyclic amines) is 1. The van der Waals surface area contributed by atoms with Crippen LogP contribution in [0.4, 0.5) is 5.95 Å². The highest BCUT2D eigenvalue weighted by Gasteiger charge is 2.31. The van der Waals surface area contributed by atoms with Gasteiger partial charge in [0, 0.05) is 53.0 Å². The Morgan fingerprint density at radius 1 is 1.25 bits per heavy atom. The largest absolute Gasteiger partial charge is 0.383 e. The van der Waals surface area contributed by atoms with Crippen LogP contribution in [0.25, 0.3) is 0 Å². The lowest BCUT2D eigenvalue weighted by molar-refractivity contribution is -0.135.